The molecule has 2 heteroatoms. The highest BCUT2D eigenvalue weighted by molar-refractivity contribution is 5.89. The molecule has 0 aliphatic heterocycles. The summed E-state index contributed by atoms with van der Waals surface area (Å²) in [4.78, 5) is 12.5. The van der Waals surface area contributed by atoms with E-state index in [4.69, 9.17) is 4.74 Å². The summed E-state index contributed by atoms with van der Waals surface area (Å²) in [5, 5.41) is 0. The van der Waals surface area contributed by atoms with Crippen LogP contribution in [0.15, 0.2) is 24.3 Å². The van der Waals surface area contributed by atoms with Gasteiger partial charge in [-0.15, -0.1) is 0 Å². The molecule has 3 atom stereocenters. The largest absolute Gasteiger partial charge is 0.458 e. The van der Waals surface area contributed by atoms with Crippen LogP contribution in [0.1, 0.15) is 76.7 Å². The van der Waals surface area contributed by atoms with E-state index in [1.165, 1.54) is 18.4 Å². The zero-order chi connectivity index (χ0) is 17.2. The van der Waals surface area contributed by atoms with E-state index >= 15 is 0 Å². The van der Waals surface area contributed by atoms with Crippen molar-refractivity contribution in [1.29, 1.82) is 0 Å². The van der Waals surface area contributed by atoms with Crippen molar-refractivity contribution in [1.82, 2.24) is 0 Å². The summed E-state index contributed by atoms with van der Waals surface area (Å²) < 4.78 is 5.91. The molecule has 128 valence electrons. The van der Waals surface area contributed by atoms with E-state index in [0.29, 0.717) is 23.3 Å². The molecule has 1 aromatic carbocycles. The summed E-state index contributed by atoms with van der Waals surface area (Å²) in [5.41, 5.74) is 2.00. The van der Waals surface area contributed by atoms with Gasteiger partial charge in [0, 0.05) is 0 Å². The number of hydrogen-bond acceptors (Lipinski definition) is 2. The summed E-state index contributed by atoms with van der Waals surface area (Å²) in [6, 6.07) is 7.89. The lowest BCUT2D eigenvalue weighted by molar-refractivity contribution is -0.0174. The SMILES string of the molecule is CC(C)[C@H]1CC[C@H](C)C[C@@H]1OC(=O)c1ccc(C(C)(C)C)cc1. The van der Waals surface area contributed by atoms with E-state index in [-0.39, 0.29) is 17.5 Å². The fourth-order valence-electron chi connectivity index (χ4n) is 3.56. The molecule has 0 bridgehead atoms. The van der Waals surface area contributed by atoms with Crippen molar-refractivity contribution in [2.45, 2.75) is 72.3 Å². The standard InChI is InChI=1S/C21H32O2/c1-14(2)18-12-7-15(3)13-19(18)23-20(22)16-8-10-17(11-9-16)21(4,5)6/h8-11,14-15,18-19H,7,12-13H2,1-6H3/t15-,18+,19-/m0/s1. The lowest BCUT2D eigenvalue weighted by Crippen LogP contribution is -2.35. The molecule has 0 saturated heterocycles. The van der Waals surface area contributed by atoms with Gasteiger partial charge < -0.3 is 4.74 Å². The average molecular weight is 316 g/mol. The van der Waals surface area contributed by atoms with Crippen LogP contribution in [0.5, 0.6) is 0 Å². The van der Waals surface area contributed by atoms with Crippen molar-refractivity contribution in [2.75, 3.05) is 0 Å². The molecule has 1 aliphatic carbocycles. The highest BCUT2D eigenvalue weighted by Gasteiger charge is 2.33. The van der Waals surface area contributed by atoms with Crippen LogP contribution in [0.4, 0.5) is 0 Å². The highest BCUT2D eigenvalue weighted by atomic mass is 16.5. The molecule has 0 spiro atoms. The van der Waals surface area contributed by atoms with Crippen LogP contribution in [-0.2, 0) is 10.2 Å². The second-order valence-corrected chi connectivity index (χ2v) is 8.60. The summed E-state index contributed by atoms with van der Waals surface area (Å²) in [7, 11) is 0. The normalized spacial score (nSPS) is 25.4. The Kier molecular flexibility index (Phi) is 5.54. The molecule has 23 heavy (non-hydrogen) atoms. The van der Waals surface area contributed by atoms with Crippen LogP contribution in [0.3, 0.4) is 0 Å². The minimum absolute atomic E-state index is 0.0635. The van der Waals surface area contributed by atoms with Crippen molar-refractivity contribution in [3.05, 3.63) is 35.4 Å². The molecular formula is C21H32O2. The van der Waals surface area contributed by atoms with E-state index in [9.17, 15) is 4.79 Å². The lowest BCUT2D eigenvalue weighted by Gasteiger charge is -2.36. The number of rotatable bonds is 3. The molecule has 0 radical (unpaired) electrons. The van der Waals surface area contributed by atoms with E-state index in [2.05, 4.69) is 41.5 Å². The predicted octanol–water partition coefficient (Wildman–Crippen LogP) is 5.60. The second kappa shape index (κ2) is 7.07. The predicted molar refractivity (Wildman–Crippen MR) is 95.7 cm³/mol. The monoisotopic (exact) mass is 316 g/mol. The average Bonchev–Trinajstić information content (AvgIpc) is 2.46. The minimum Gasteiger partial charge on any atom is -0.458 e. The van der Waals surface area contributed by atoms with Gasteiger partial charge in [0.2, 0.25) is 0 Å². The lowest BCUT2D eigenvalue weighted by atomic mass is 9.75. The Bertz CT molecular complexity index is 522. The van der Waals surface area contributed by atoms with E-state index in [1.54, 1.807) is 0 Å². The van der Waals surface area contributed by atoms with Crippen LogP contribution < -0.4 is 0 Å². The molecule has 1 fully saturated rings. The van der Waals surface area contributed by atoms with E-state index in [0.717, 1.165) is 6.42 Å². The Morgan fingerprint density at radius 3 is 2.26 bits per heavy atom. The smallest absolute Gasteiger partial charge is 0.338 e. The first-order valence-corrected chi connectivity index (χ1v) is 9.00. The number of benzene rings is 1. The maximum atomic E-state index is 12.5. The third kappa shape index (κ3) is 4.59. The second-order valence-electron chi connectivity index (χ2n) is 8.60. The Morgan fingerprint density at radius 2 is 1.74 bits per heavy atom. The van der Waals surface area contributed by atoms with Gasteiger partial charge in [0.15, 0.2) is 0 Å². The first-order chi connectivity index (χ1) is 10.7. The van der Waals surface area contributed by atoms with Crippen molar-refractivity contribution in [2.24, 2.45) is 17.8 Å². The third-order valence-electron chi connectivity index (χ3n) is 5.21. The Hall–Kier alpha value is -1.31. The first kappa shape index (κ1) is 18.0. The molecule has 1 saturated carbocycles. The highest BCUT2D eigenvalue weighted by Crippen LogP contribution is 2.35. The van der Waals surface area contributed by atoms with E-state index in [1.807, 2.05) is 24.3 Å². The Balaban J connectivity index is 2.08. The van der Waals surface area contributed by atoms with Gasteiger partial charge in [0.1, 0.15) is 6.10 Å². The Morgan fingerprint density at radius 1 is 1.13 bits per heavy atom. The molecular weight excluding hydrogens is 284 g/mol. The topological polar surface area (TPSA) is 26.3 Å². The third-order valence-corrected chi connectivity index (χ3v) is 5.21. The van der Waals surface area contributed by atoms with Crippen LogP contribution in [0.25, 0.3) is 0 Å². The van der Waals surface area contributed by atoms with Crippen molar-refractivity contribution in [3.63, 3.8) is 0 Å². The zero-order valence-corrected chi connectivity index (χ0v) is 15.6. The van der Waals surface area contributed by atoms with Gasteiger partial charge in [0.25, 0.3) is 0 Å². The molecule has 0 aromatic heterocycles. The van der Waals surface area contributed by atoms with Crippen molar-refractivity contribution < 1.29 is 9.53 Å². The van der Waals surface area contributed by atoms with Gasteiger partial charge in [-0.05, 0) is 53.7 Å². The molecule has 0 amide bonds. The summed E-state index contributed by atoms with van der Waals surface area (Å²) in [5.74, 6) is 1.52. The number of carbonyl (C=O) groups excluding carboxylic acids is 1. The molecule has 0 unspecified atom stereocenters. The van der Waals surface area contributed by atoms with Gasteiger partial charge in [0.05, 0.1) is 5.56 Å². The van der Waals surface area contributed by atoms with Gasteiger partial charge in [-0.25, -0.2) is 4.79 Å². The zero-order valence-electron chi connectivity index (χ0n) is 15.6. The number of esters is 1. The summed E-state index contributed by atoms with van der Waals surface area (Å²) in [6.45, 7) is 13.3. The Labute approximate surface area is 141 Å². The fourth-order valence-corrected chi connectivity index (χ4v) is 3.56. The number of hydrogen-bond donors (Lipinski definition) is 0. The fraction of sp³-hybridized carbons (Fsp3) is 0.667. The molecule has 2 rings (SSSR count). The maximum absolute atomic E-state index is 12.5. The number of carbonyl (C=O) groups is 1. The van der Waals surface area contributed by atoms with E-state index < -0.39 is 0 Å². The van der Waals surface area contributed by atoms with Crippen LogP contribution >= 0.6 is 0 Å². The van der Waals surface area contributed by atoms with Gasteiger partial charge >= 0.3 is 5.97 Å². The van der Waals surface area contributed by atoms with Crippen molar-refractivity contribution in [3.8, 4) is 0 Å². The molecule has 1 aliphatic rings. The molecule has 1 aromatic rings. The molecule has 2 nitrogen and oxygen atoms in total. The van der Waals surface area contributed by atoms with Crippen LogP contribution in [0, 0.1) is 17.8 Å². The maximum Gasteiger partial charge on any atom is 0.338 e. The van der Waals surface area contributed by atoms with Gasteiger partial charge in [-0.3, -0.25) is 0 Å². The number of ether oxygens (including phenoxy) is 1. The van der Waals surface area contributed by atoms with Crippen LogP contribution in [0.2, 0.25) is 0 Å². The van der Waals surface area contributed by atoms with Crippen molar-refractivity contribution >= 4 is 5.97 Å². The molecule has 0 heterocycles. The first-order valence-electron chi connectivity index (χ1n) is 9.00. The van der Waals surface area contributed by atoms with Crippen LogP contribution in [-0.4, -0.2) is 12.1 Å². The summed E-state index contributed by atoms with van der Waals surface area (Å²) >= 11 is 0. The van der Waals surface area contributed by atoms with Gasteiger partial charge in [-0.1, -0.05) is 60.1 Å². The minimum atomic E-state index is -0.171. The molecule has 0 N–H and O–H groups in total. The summed E-state index contributed by atoms with van der Waals surface area (Å²) in [6.07, 6.45) is 3.47. The quantitative estimate of drug-likeness (QED) is 0.678. The van der Waals surface area contributed by atoms with Gasteiger partial charge in [-0.2, -0.15) is 0 Å².